The first-order valence-electron chi connectivity index (χ1n) is 12.7. The van der Waals surface area contributed by atoms with Crippen molar-refractivity contribution in [3.05, 3.63) is 34.4 Å². The van der Waals surface area contributed by atoms with Crippen LogP contribution in [0, 0.1) is 11.8 Å². The number of cyclic esters (lactones) is 3. The average Bonchev–Trinajstić information content (AvgIpc) is 3.30. The van der Waals surface area contributed by atoms with Crippen molar-refractivity contribution in [2.24, 2.45) is 11.8 Å². The molecule has 0 saturated heterocycles. The van der Waals surface area contributed by atoms with E-state index in [0.29, 0.717) is 6.42 Å². The van der Waals surface area contributed by atoms with Crippen LogP contribution in [-0.2, 0) is 23.9 Å². The molecule has 11 heteroatoms. The van der Waals surface area contributed by atoms with Gasteiger partial charge in [-0.2, -0.15) is 0 Å². The van der Waals surface area contributed by atoms with Gasteiger partial charge in [0.25, 0.3) is 0 Å². The molecule has 7 atom stereocenters. The minimum Gasteiger partial charge on any atom is -0.428 e. The predicted molar refractivity (Wildman–Crippen MR) is 127 cm³/mol. The van der Waals surface area contributed by atoms with Gasteiger partial charge < -0.3 is 40.1 Å². The van der Waals surface area contributed by atoms with Gasteiger partial charge in [0.15, 0.2) is 0 Å². The fourth-order valence-corrected chi connectivity index (χ4v) is 5.31. The fraction of sp³-hybridized carbons (Fsp3) is 0.654. The summed E-state index contributed by atoms with van der Waals surface area (Å²) in [5.41, 5.74) is -0.842. The van der Waals surface area contributed by atoms with Crippen LogP contribution in [0.3, 0.4) is 0 Å². The predicted octanol–water partition coefficient (Wildman–Crippen LogP) is -0.0830. The maximum Gasteiger partial charge on any atom is 0.342 e. The van der Waals surface area contributed by atoms with Crippen LogP contribution in [0.5, 0.6) is 0 Å². The zero-order chi connectivity index (χ0) is 27.3. The first kappa shape index (κ1) is 29.2. The number of aliphatic hydroxyl groups is 6. The minimum atomic E-state index is -1.79. The molecule has 206 valence electrons. The van der Waals surface area contributed by atoms with Gasteiger partial charge in [-0.15, -0.1) is 0 Å². The molecule has 2 aliphatic heterocycles. The maximum absolute atomic E-state index is 12.8. The second-order valence-electron chi connectivity index (χ2n) is 9.77. The quantitative estimate of drug-likeness (QED) is 0.0917. The third-order valence-electron chi connectivity index (χ3n) is 7.27. The number of hydrogen-bond acceptors (Lipinski definition) is 11. The number of esters is 3. The van der Waals surface area contributed by atoms with Crippen molar-refractivity contribution >= 4 is 17.9 Å². The van der Waals surface area contributed by atoms with E-state index in [0.717, 1.165) is 19.3 Å². The molecular formula is C26H36O11. The summed E-state index contributed by atoms with van der Waals surface area (Å²) in [6.45, 7) is 1.75. The molecule has 0 aromatic heterocycles. The SMILES string of the molecule is CCCCCCC(O)C1C2=C(CC(C(O)C(O)C/C=C/CO)CC3=C(C(=O)OC3O)C1O)C(=O)OC2=O. The monoisotopic (exact) mass is 524 g/mol. The Balaban J connectivity index is 2.07. The molecular weight excluding hydrogens is 488 g/mol. The van der Waals surface area contributed by atoms with E-state index in [-0.39, 0.29) is 54.6 Å². The first-order valence-corrected chi connectivity index (χ1v) is 12.7. The number of hydrogen-bond donors (Lipinski definition) is 6. The molecule has 0 radical (unpaired) electrons. The van der Waals surface area contributed by atoms with Crippen molar-refractivity contribution in [2.45, 2.75) is 89.0 Å². The van der Waals surface area contributed by atoms with Crippen molar-refractivity contribution in [2.75, 3.05) is 6.61 Å². The van der Waals surface area contributed by atoms with Gasteiger partial charge in [0.1, 0.15) is 0 Å². The van der Waals surface area contributed by atoms with Crippen LogP contribution in [0.15, 0.2) is 34.4 Å². The number of rotatable bonds is 11. The minimum absolute atomic E-state index is 0.0425. The van der Waals surface area contributed by atoms with E-state index >= 15 is 0 Å². The summed E-state index contributed by atoms with van der Waals surface area (Å²) < 4.78 is 9.74. The van der Waals surface area contributed by atoms with Gasteiger partial charge in [-0.1, -0.05) is 44.8 Å². The summed E-state index contributed by atoms with van der Waals surface area (Å²) >= 11 is 0. The molecule has 0 saturated carbocycles. The van der Waals surface area contributed by atoms with Crippen molar-refractivity contribution < 1.29 is 54.5 Å². The van der Waals surface area contributed by atoms with Crippen molar-refractivity contribution in [3.8, 4) is 0 Å². The van der Waals surface area contributed by atoms with Gasteiger partial charge in [0, 0.05) is 17.1 Å². The van der Waals surface area contributed by atoms with Gasteiger partial charge >= 0.3 is 17.9 Å². The molecule has 0 bridgehead atoms. The van der Waals surface area contributed by atoms with Crippen LogP contribution in [0.4, 0.5) is 0 Å². The summed E-state index contributed by atoms with van der Waals surface area (Å²) in [7, 11) is 0. The van der Waals surface area contributed by atoms with Gasteiger partial charge in [0.2, 0.25) is 6.29 Å². The molecule has 1 aliphatic carbocycles. The van der Waals surface area contributed by atoms with Gasteiger partial charge in [-0.05, 0) is 31.6 Å². The normalized spacial score (nSPS) is 28.9. The molecule has 0 aromatic carbocycles. The number of unbranched alkanes of at least 4 members (excludes halogenated alkanes) is 3. The topological polar surface area (TPSA) is 191 Å². The van der Waals surface area contributed by atoms with E-state index in [1.54, 1.807) is 0 Å². The Morgan fingerprint density at radius 1 is 0.946 bits per heavy atom. The number of aliphatic hydroxyl groups excluding tert-OH is 6. The highest BCUT2D eigenvalue weighted by molar-refractivity contribution is 6.13. The second-order valence-corrected chi connectivity index (χ2v) is 9.77. The third-order valence-corrected chi connectivity index (χ3v) is 7.27. The van der Waals surface area contributed by atoms with E-state index in [1.807, 2.05) is 6.92 Å². The Morgan fingerprint density at radius 3 is 2.35 bits per heavy atom. The van der Waals surface area contributed by atoms with Crippen molar-refractivity contribution in [3.63, 3.8) is 0 Å². The second kappa shape index (κ2) is 12.9. The Morgan fingerprint density at radius 2 is 1.68 bits per heavy atom. The lowest BCUT2D eigenvalue weighted by Gasteiger charge is -2.28. The van der Waals surface area contributed by atoms with E-state index in [1.165, 1.54) is 12.2 Å². The maximum atomic E-state index is 12.8. The highest BCUT2D eigenvalue weighted by Crippen LogP contribution is 2.43. The Bertz CT molecular complexity index is 966. The molecule has 0 amide bonds. The van der Waals surface area contributed by atoms with Crippen LogP contribution >= 0.6 is 0 Å². The summed E-state index contributed by atoms with van der Waals surface area (Å²) in [4.78, 5) is 38.2. The third kappa shape index (κ3) is 6.36. The zero-order valence-corrected chi connectivity index (χ0v) is 20.8. The molecule has 7 unspecified atom stereocenters. The zero-order valence-electron chi connectivity index (χ0n) is 20.8. The Labute approximate surface area is 214 Å². The molecule has 0 fully saturated rings. The molecule has 0 aromatic rings. The van der Waals surface area contributed by atoms with E-state index in [9.17, 15) is 39.9 Å². The number of carbonyl (C=O) groups excluding carboxylic acids is 3. The molecule has 6 N–H and O–H groups in total. The summed E-state index contributed by atoms with van der Waals surface area (Å²) in [6.07, 6.45) is -2.07. The lowest BCUT2D eigenvalue weighted by molar-refractivity contribution is -0.154. The summed E-state index contributed by atoms with van der Waals surface area (Å²) in [5, 5.41) is 63.3. The van der Waals surface area contributed by atoms with Crippen molar-refractivity contribution in [1.82, 2.24) is 0 Å². The summed E-state index contributed by atoms with van der Waals surface area (Å²) in [6, 6.07) is 0. The van der Waals surface area contributed by atoms with Gasteiger partial charge in [0.05, 0.1) is 42.2 Å². The van der Waals surface area contributed by atoms with Crippen LogP contribution in [0.1, 0.15) is 58.3 Å². The van der Waals surface area contributed by atoms with Crippen LogP contribution in [0.2, 0.25) is 0 Å². The van der Waals surface area contributed by atoms with Crippen LogP contribution in [0.25, 0.3) is 0 Å². The van der Waals surface area contributed by atoms with Crippen LogP contribution in [-0.4, -0.2) is 85.9 Å². The van der Waals surface area contributed by atoms with E-state index in [2.05, 4.69) is 0 Å². The standard InChI is InChI=1S/C26H36O11/c1-2-3-4-5-8-16(28)20-18-14(23(32)36-25(18)34)11-13(21(30)17(29)9-6-7-10-27)12-15-19(22(20)31)26(35)37-24(15)33/h6-7,13,16-17,20-22,24,27-31,33H,2-5,8-12H2,1H3/b7-6+. The van der Waals surface area contributed by atoms with Crippen molar-refractivity contribution in [1.29, 1.82) is 0 Å². The molecule has 3 aliphatic rings. The van der Waals surface area contributed by atoms with Gasteiger partial charge in [-0.25, -0.2) is 14.4 Å². The van der Waals surface area contributed by atoms with Gasteiger partial charge in [-0.3, -0.25) is 0 Å². The lowest BCUT2D eigenvalue weighted by Crippen LogP contribution is -2.38. The number of ether oxygens (including phenoxy) is 2. The highest BCUT2D eigenvalue weighted by Gasteiger charge is 2.50. The lowest BCUT2D eigenvalue weighted by atomic mass is 9.80. The Hall–Kier alpha value is -2.41. The molecule has 37 heavy (non-hydrogen) atoms. The fourth-order valence-electron chi connectivity index (χ4n) is 5.31. The Kier molecular flexibility index (Phi) is 10.2. The smallest absolute Gasteiger partial charge is 0.342 e. The highest BCUT2D eigenvalue weighted by atomic mass is 16.6. The number of carbonyl (C=O) groups is 3. The van der Waals surface area contributed by atoms with E-state index < -0.39 is 60.4 Å². The largest absolute Gasteiger partial charge is 0.428 e. The molecule has 0 spiro atoms. The first-order chi connectivity index (χ1) is 17.6. The molecule has 2 heterocycles. The average molecular weight is 525 g/mol. The molecule has 3 rings (SSSR count). The molecule has 11 nitrogen and oxygen atoms in total. The summed E-state index contributed by atoms with van der Waals surface area (Å²) in [5.74, 6) is -5.51. The van der Waals surface area contributed by atoms with E-state index in [4.69, 9.17) is 14.6 Å². The van der Waals surface area contributed by atoms with Crippen LogP contribution < -0.4 is 0 Å².